The van der Waals surface area contributed by atoms with Crippen molar-refractivity contribution in [3.8, 4) is 10.4 Å². The van der Waals surface area contributed by atoms with Crippen LogP contribution < -0.4 is 15.8 Å². The Balaban J connectivity index is 0.00000217. The minimum absolute atomic E-state index is 0. The number of H-pyrrole nitrogens is 1. The lowest BCUT2D eigenvalue weighted by Gasteiger charge is -2.23. The summed E-state index contributed by atoms with van der Waals surface area (Å²) in [6, 6.07) is 7.09. The van der Waals surface area contributed by atoms with E-state index in [2.05, 4.69) is 49.2 Å². The molecule has 1 unspecified atom stereocenters. The van der Waals surface area contributed by atoms with Gasteiger partial charge in [0.1, 0.15) is 10.4 Å². The zero-order valence-corrected chi connectivity index (χ0v) is 20.4. The van der Waals surface area contributed by atoms with E-state index in [4.69, 9.17) is 4.98 Å². The van der Waals surface area contributed by atoms with Gasteiger partial charge in [-0.1, -0.05) is 25.3 Å². The van der Waals surface area contributed by atoms with Gasteiger partial charge in [-0.25, -0.2) is 9.97 Å². The van der Waals surface area contributed by atoms with Crippen molar-refractivity contribution in [2.75, 3.05) is 24.5 Å². The molecule has 3 aromatic heterocycles. The lowest BCUT2D eigenvalue weighted by Crippen LogP contribution is -2.23. The van der Waals surface area contributed by atoms with Crippen molar-refractivity contribution in [1.82, 2.24) is 24.8 Å². The molecule has 4 aromatic rings. The Hall–Kier alpha value is -2.84. The van der Waals surface area contributed by atoms with E-state index in [0.29, 0.717) is 17.3 Å². The van der Waals surface area contributed by atoms with Gasteiger partial charge in [0.15, 0.2) is 0 Å². The lowest BCUT2D eigenvalue weighted by molar-refractivity contribution is 0.359. The molecule has 1 aliphatic carbocycles. The fourth-order valence-electron chi connectivity index (χ4n) is 5.85. The van der Waals surface area contributed by atoms with Gasteiger partial charge in [0, 0.05) is 31.6 Å². The fraction of sp³-hybridized carbons (Fsp3) is 0.400. The number of nitrogens with zero attached hydrogens (tertiary/aromatic N) is 4. The number of anilines is 1. The Morgan fingerprint density at radius 2 is 2.00 bits per heavy atom. The smallest absolute Gasteiger partial charge is 0.261 e. The molecule has 34 heavy (non-hydrogen) atoms. The second kappa shape index (κ2) is 8.43. The molecule has 0 radical (unpaired) electrons. The standard InChI is InChI=1S/C25H26N6OS.ClH/c32-24-21-22(27-13-28-24)23(33-25(21)30-11-16-9-26-10-17(16)12-30)15-6-7-20-19(8-15)29-14-31(20)18-4-2-1-3-5-18;/h6-9,13-14,17-18,26H,1-5,10-12H2,(H,27,28,32);1H. The first-order valence-electron chi connectivity index (χ1n) is 11.9. The van der Waals surface area contributed by atoms with Crippen LogP contribution in [0, 0.1) is 5.92 Å². The van der Waals surface area contributed by atoms with Gasteiger partial charge in [-0.2, -0.15) is 0 Å². The molecule has 0 bridgehead atoms. The van der Waals surface area contributed by atoms with Gasteiger partial charge in [-0.15, -0.1) is 23.7 Å². The quantitative estimate of drug-likeness (QED) is 0.425. The first kappa shape index (κ1) is 21.7. The highest BCUT2D eigenvalue weighted by Crippen LogP contribution is 2.44. The number of thiophene rings is 1. The summed E-state index contributed by atoms with van der Waals surface area (Å²) in [7, 11) is 0. The Kier molecular flexibility index (Phi) is 5.37. The fourth-order valence-corrected chi connectivity index (χ4v) is 7.10. The number of halogens is 1. The molecule has 2 fully saturated rings. The van der Waals surface area contributed by atoms with Gasteiger partial charge >= 0.3 is 0 Å². The number of benzene rings is 1. The Labute approximate surface area is 207 Å². The SMILES string of the molecule is Cl.O=c1[nH]cnc2c(-c3ccc4c(c3)ncn4C3CCCCC3)sc(N3CC4=CNCC4C3)c12. The summed E-state index contributed by atoms with van der Waals surface area (Å²) >= 11 is 1.68. The number of hydrogen-bond donors (Lipinski definition) is 2. The van der Waals surface area contributed by atoms with Crippen molar-refractivity contribution in [2.45, 2.75) is 38.1 Å². The van der Waals surface area contributed by atoms with E-state index in [0.717, 1.165) is 46.1 Å². The summed E-state index contributed by atoms with van der Waals surface area (Å²) in [5.74, 6) is 0.529. The van der Waals surface area contributed by atoms with Crippen molar-refractivity contribution in [1.29, 1.82) is 0 Å². The molecular weight excluding hydrogens is 468 g/mol. The van der Waals surface area contributed by atoms with Crippen LogP contribution in [0.2, 0.25) is 0 Å². The second-order valence-corrected chi connectivity index (χ2v) is 10.5. The molecule has 1 atom stereocenters. The molecule has 1 saturated heterocycles. The average molecular weight is 495 g/mol. The summed E-state index contributed by atoms with van der Waals surface area (Å²) in [6.45, 7) is 2.79. The molecular formula is C25H27ClN6OS. The molecule has 2 aliphatic heterocycles. The number of aromatic nitrogens is 4. The molecule has 9 heteroatoms. The van der Waals surface area contributed by atoms with E-state index in [1.165, 1.54) is 49.5 Å². The van der Waals surface area contributed by atoms with Crippen LogP contribution in [0.5, 0.6) is 0 Å². The molecule has 7 nitrogen and oxygen atoms in total. The average Bonchev–Trinajstić information content (AvgIpc) is 3.60. The molecule has 1 saturated carbocycles. The van der Waals surface area contributed by atoms with Crippen LogP contribution in [0.3, 0.4) is 0 Å². The zero-order valence-electron chi connectivity index (χ0n) is 18.8. The van der Waals surface area contributed by atoms with Crippen molar-refractivity contribution in [3.05, 3.63) is 53.0 Å². The van der Waals surface area contributed by atoms with Gasteiger partial charge in [-0.3, -0.25) is 4.79 Å². The van der Waals surface area contributed by atoms with E-state index in [-0.39, 0.29) is 18.0 Å². The third kappa shape index (κ3) is 3.34. The molecule has 2 N–H and O–H groups in total. The molecule has 176 valence electrons. The maximum atomic E-state index is 12.9. The number of fused-ring (bicyclic) bond motifs is 3. The number of hydrogen-bond acceptors (Lipinski definition) is 6. The van der Waals surface area contributed by atoms with E-state index < -0.39 is 0 Å². The monoisotopic (exact) mass is 494 g/mol. The molecule has 5 heterocycles. The van der Waals surface area contributed by atoms with Gasteiger partial charge in [0.05, 0.1) is 34.1 Å². The van der Waals surface area contributed by atoms with Crippen molar-refractivity contribution in [2.24, 2.45) is 5.92 Å². The molecule has 7 rings (SSSR count). The largest absolute Gasteiger partial charge is 0.390 e. The molecule has 0 spiro atoms. The van der Waals surface area contributed by atoms with Crippen molar-refractivity contribution >= 4 is 50.7 Å². The Morgan fingerprint density at radius 3 is 2.85 bits per heavy atom. The Bertz CT molecular complexity index is 1460. The molecule has 0 amide bonds. The maximum absolute atomic E-state index is 12.9. The molecule has 1 aromatic carbocycles. The first-order chi connectivity index (χ1) is 16.3. The minimum Gasteiger partial charge on any atom is -0.390 e. The minimum atomic E-state index is -0.0654. The van der Waals surface area contributed by atoms with Gasteiger partial charge < -0.3 is 19.8 Å². The van der Waals surface area contributed by atoms with E-state index in [1.807, 2.05) is 6.33 Å². The normalized spacial score (nSPS) is 20.4. The summed E-state index contributed by atoms with van der Waals surface area (Å²) in [6.07, 6.45) is 12.1. The Morgan fingerprint density at radius 1 is 1.12 bits per heavy atom. The molecule has 3 aliphatic rings. The summed E-state index contributed by atoms with van der Waals surface area (Å²) in [4.78, 5) is 28.4. The zero-order chi connectivity index (χ0) is 21.9. The highest BCUT2D eigenvalue weighted by Gasteiger charge is 2.33. The van der Waals surface area contributed by atoms with Gasteiger partial charge in [0.25, 0.3) is 5.56 Å². The number of rotatable bonds is 3. The lowest BCUT2D eigenvalue weighted by atomic mass is 9.95. The highest BCUT2D eigenvalue weighted by molar-refractivity contribution is 7.21. The van der Waals surface area contributed by atoms with Gasteiger partial charge in [-0.05, 0) is 42.3 Å². The van der Waals surface area contributed by atoms with Crippen molar-refractivity contribution in [3.63, 3.8) is 0 Å². The van der Waals surface area contributed by atoms with Crippen LogP contribution in [0.15, 0.2) is 47.4 Å². The van der Waals surface area contributed by atoms with Gasteiger partial charge in [0.2, 0.25) is 0 Å². The van der Waals surface area contributed by atoms with Crippen LogP contribution in [0.25, 0.3) is 32.4 Å². The number of aromatic amines is 1. The second-order valence-electron chi connectivity index (χ2n) is 9.54. The third-order valence-corrected chi connectivity index (χ3v) is 8.85. The van der Waals surface area contributed by atoms with Crippen LogP contribution in [-0.4, -0.2) is 39.2 Å². The highest BCUT2D eigenvalue weighted by atomic mass is 35.5. The summed E-state index contributed by atoms with van der Waals surface area (Å²) in [5, 5.41) is 5.08. The summed E-state index contributed by atoms with van der Waals surface area (Å²) < 4.78 is 2.37. The van der Waals surface area contributed by atoms with Crippen LogP contribution in [0.1, 0.15) is 38.1 Å². The van der Waals surface area contributed by atoms with E-state index in [1.54, 1.807) is 11.3 Å². The third-order valence-electron chi connectivity index (χ3n) is 7.56. The maximum Gasteiger partial charge on any atom is 0.261 e. The predicted octanol–water partition coefficient (Wildman–Crippen LogP) is 4.85. The summed E-state index contributed by atoms with van der Waals surface area (Å²) in [5.41, 5.74) is 5.43. The first-order valence-corrected chi connectivity index (χ1v) is 12.7. The van der Waals surface area contributed by atoms with Crippen LogP contribution >= 0.6 is 23.7 Å². The van der Waals surface area contributed by atoms with Crippen LogP contribution in [-0.2, 0) is 0 Å². The van der Waals surface area contributed by atoms with Crippen molar-refractivity contribution < 1.29 is 0 Å². The predicted molar refractivity (Wildman–Crippen MR) is 140 cm³/mol. The van der Waals surface area contributed by atoms with E-state index in [9.17, 15) is 4.79 Å². The number of nitrogens with one attached hydrogen (secondary N) is 2. The topological polar surface area (TPSA) is 78.8 Å². The van der Waals surface area contributed by atoms with Crippen LogP contribution in [0.4, 0.5) is 5.00 Å². The van der Waals surface area contributed by atoms with E-state index >= 15 is 0 Å². The number of imidazole rings is 1.